The van der Waals surface area contributed by atoms with Gasteiger partial charge in [-0.25, -0.2) is 4.79 Å². The Morgan fingerprint density at radius 1 is 0.875 bits per heavy atom. The standard InChI is InChI=1S/C34H32ClNO4/c1-39-34(38)26-14-17-28(18-15-26)40-22-20-29-30-23-27(35)16-19-32(30)36(31(29)13-8-21-37)33(24-9-4-2-5-10-24)25-11-6-3-7-12-25/h2-7,9-12,14-19,23,33,37H,8,13,20-22H2,1H3. The van der Waals surface area contributed by atoms with Crippen LogP contribution in [0.15, 0.2) is 103 Å². The fourth-order valence-corrected chi connectivity index (χ4v) is 5.51. The Morgan fingerprint density at radius 3 is 2.12 bits per heavy atom. The van der Waals surface area contributed by atoms with E-state index >= 15 is 0 Å². The van der Waals surface area contributed by atoms with Crippen LogP contribution in [-0.2, 0) is 17.6 Å². The molecular weight excluding hydrogens is 522 g/mol. The zero-order chi connectivity index (χ0) is 27.9. The molecule has 0 atom stereocenters. The summed E-state index contributed by atoms with van der Waals surface area (Å²) in [4.78, 5) is 11.8. The molecule has 5 aromatic rings. The van der Waals surface area contributed by atoms with Crippen molar-refractivity contribution in [2.75, 3.05) is 20.3 Å². The summed E-state index contributed by atoms with van der Waals surface area (Å²) in [5.41, 5.74) is 6.25. The molecule has 0 fully saturated rings. The number of aliphatic hydroxyl groups excluding tert-OH is 1. The van der Waals surface area contributed by atoms with Crippen molar-refractivity contribution in [3.8, 4) is 5.75 Å². The molecule has 4 aromatic carbocycles. The van der Waals surface area contributed by atoms with Gasteiger partial charge in [0, 0.05) is 34.6 Å². The maximum Gasteiger partial charge on any atom is 0.337 e. The molecule has 0 saturated heterocycles. The number of carbonyl (C=O) groups excluding carboxylic acids is 1. The minimum Gasteiger partial charge on any atom is -0.493 e. The second-order valence-corrected chi connectivity index (χ2v) is 10.1. The lowest BCUT2D eigenvalue weighted by Crippen LogP contribution is -2.16. The Labute approximate surface area is 239 Å². The van der Waals surface area contributed by atoms with Gasteiger partial charge < -0.3 is 19.1 Å². The van der Waals surface area contributed by atoms with E-state index in [9.17, 15) is 9.90 Å². The lowest BCUT2D eigenvalue weighted by molar-refractivity contribution is 0.0600. The summed E-state index contributed by atoms with van der Waals surface area (Å²) in [6.07, 6.45) is 2.00. The van der Waals surface area contributed by atoms with Gasteiger partial charge in [-0.2, -0.15) is 0 Å². The first kappa shape index (κ1) is 27.5. The third kappa shape index (κ3) is 5.91. The highest BCUT2D eigenvalue weighted by atomic mass is 35.5. The first-order chi connectivity index (χ1) is 19.6. The van der Waals surface area contributed by atoms with Gasteiger partial charge in [0.05, 0.1) is 25.3 Å². The van der Waals surface area contributed by atoms with Gasteiger partial charge >= 0.3 is 5.97 Å². The van der Waals surface area contributed by atoms with E-state index in [-0.39, 0.29) is 18.6 Å². The van der Waals surface area contributed by atoms with Crippen LogP contribution in [0.3, 0.4) is 0 Å². The van der Waals surface area contributed by atoms with E-state index < -0.39 is 0 Å². The monoisotopic (exact) mass is 553 g/mol. The molecule has 5 nitrogen and oxygen atoms in total. The highest BCUT2D eigenvalue weighted by molar-refractivity contribution is 6.31. The Kier molecular flexibility index (Phi) is 8.84. The first-order valence-corrected chi connectivity index (χ1v) is 13.8. The van der Waals surface area contributed by atoms with E-state index in [1.54, 1.807) is 24.3 Å². The van der Waals surface area contributed by atoms with Crippen molar-refractivity contribution in [3.63, 3.8) is 0 Å². The molecule has 204 valence electrons. The smallest absolute Gasteiger partial charge is 0.337 e. The Hall–Kier alpha value is -4.06. The van der Waals surface area contributed by atoms with Crippen LogP contribution in [0.25, 0.3) is 10.9 Å². The molecule has 40 heavy (non-hydrogen) atoms. The normalized spacial score (nSPS) is 11.2. The Morgan fingerprint density at radius 2 is 1.52 bits per heavy atom. The number of esters is 1. The lowest BCUT2D eigenvalue weighted by atomic mass is 9.97. The molecule has 1 aromatic heterocycles. The van der Waals surface area contributed by atoms with Crippen LogP contribution in [0, 0.1) is 0 Å². The number of aliphatic hydroxyl groups is 1. The number of methoxy groups -OCH3 is 1. The number of ether oxygens (including phenoxy) is 2. The second kappa shape index (κ2) is 12.9. The van der Waals surface area contributed by atoms with Crippen molar-refractivity contribution in [1.82, 2.24) is 4.57 Å². The van der Waals surface area contributed by atoms with Crippen molar-refractivity contribution in [2.24, 2.45) is 0 Å². The summed E-state index contributed by atoms with van der Waals surface area (Å²) in [6, 6.07) is 34.0. The average molecular weight is 554 g/mol. The van der Waals surface area contributed by atoms with Crippen molar-refractivity contribution in [2.45, 2.75) is 25.3 Å². The fraction of sp³-hybridized carbons (Fsp3) is 0.206. The van der Waals surface area contributed by atoms with Gasteiger partial charge in [0.25, 0.3) is 0 Å². The number of carbonyl (C=O) groups is 1. The Balaban J connectivity index is 1.58. The number of hydrogen-bond donors (Lipinski definition) is 1. The lowest BCUT2D eigenvalue weighted by Gasteiger charge is -2.25. The molecule has 5 rings (SSSR count). The van der Waals surface area contributed by atoms with Gasteiger partial charge in [-0.1, -0.05) is 72.3 Å². The van der Waals surface area contributed by atoms with Gasteiger partial charge in [-0.3, -0.25) is 0 Å². The van der Waals surface area contributed by atoms with Crippen LogP contribution in [0.2, 0.25) is 5.02 Å². The quantitative estimate of drug-likeness (QED) is 0.175. The van der Waals surface area contributed by atoms with Gasteiger partial charge in [0.2, 0.25) is 0 Å². The summed E-state index contributed by atoms with van der Waals surface area (Å²) in [5.74, 6) is 0.300. The molecule has 0 aliphatic heterocycles. The highest BCUT2D eigenvalue weighted by Gasteiger charge is 2.25. The first-order valence-electron chi connectivity index (χ1n) is 13.4. The van der Waals surface area contributed by atoms with Gasteiger partial charge in [0.1, 0.15) is 5.75 Å². The number of benzene rings is 4. The highest BCUT2D eigenvalue weighted by Crippen LogP contribution is 2.38. The third-order valence-corrected chi connectivity index (χ3v) is 7.37. The van der Waals surface area contributed by atoms with E-state index in [4.69, 9.17) is 21.1 Å². The van der Waals surface area contributed by atoms with E-state index in [1.807, 2.05) is 24.3 Å². The Bertz CT molecular complexity index is 1520. The third-order valence-electron chi connectivity index (χ3n) is 7.14. The van der Waals surface area contributed by atoms with Crippen molar-refractivity contribution >= 4 is 28.5 Å². The van der Waals surface area contributed by atoms with Crippen LogP contribution < -0.4 is 4.74 Å². The van der Waals surface area contributed by atoms with Crippen molar-refractivity contribution < 1.29 is 19.4 Å². The molecule has 0 saturated carbocycles. The second-order valence-electron chi connectivity index (χ2n) is 9.62. The summed E-state index contributed by atoms with van der Waals surface area (Å²) in [7, 11) is 1.37. The zero-order valence-electron chi connectivity index (χ0n) is 22.4. The predicted molar refractivity (Wildman–Crippen MR) is 159 cm³/mol. The van der Waals surface area contributed by atoms with Crippen molar-refractivity contribution in [3.05, 3.63) is 136 Å². The van der Waals surface area contributed by atoms with Gasteiger partial charge in [0.15, 0.2) is 0 Å². The maximum absolute atomic E-state index is 11.8. The molecule has 6 heteroatoms. The van der Waals surface area contributed by atoms with Gasteiger partial charge in [-0.15, -0.1) is 0 Å². The number of halogens is 1. The predicted octanol–water partition coefficient (Wildman–Crippen LogP) is 7.27. The van der Waals surface area contributed by atoms with Crippen LogP contribution in [-0.4, -0.2) is 36.0 Å². The molecule has 0 aliphatic rings. The van der Waals surface area contributed by atoms with E-state index in [1.165, 1.54) is 18.2 Å². The summed E-state index contributed by atoms with van der Waals surface area (Å²) in [6.45, 7) is 0.544. The topological polar surface area (TPSA) is 60.7 Å². The molecule has 0 amide bonds. The molecular formula is C34H32ClNO4. The molecule has 0 bridgehead atoms. The SMILES string of the molecule is COC(=O)c1ccc(OCCc2c(CCCO)n(C(c3ccccc3)c3ccccc3)c3ccc(Cl)cc23)cc1. The van der Waals surface area contributed by atoms with Crippen LogP contribution in [0.4, 0.5) is 0 Å². The average Bonchev–Trinajstić information content (AvgIpc) is 3.29. The van der Waals surface area contributed by atoms with E-state index in [0.717, 1.165) is 22.2 Å². The summed E-state index contributed by atoms with van der Waals surface area (Å²) >= 11 is 6.53. The minimum absolute atomic E-state index is 0.0553. The largest absolute Gasteiger partial charge is 0.493 e. The van der Waals surface area contributed by atoms with Crippen molar-refractivity contribution in [1.29, 1.82) is 0 Å². The number of hydrogen-bond acceptors (Lipinski definition) is 4. The van der Waals surface area contributed by atoms with Crippen LogP contribution in [0.1, 0.15) is 45.2 Å². The van der Waals surface area contributed by atoms with E-state index in [0.29, 0.717) is 42.2 Å². The van der Waals surface area contributed by atoms with Gasteiger partial charge in [-0.05, 0) is 72.0 Å². The number of fused-ring (bicyclic) bond motifs is 1. The molecule has 1 heterocycles. The van der Waals surface area contributed by atoms with Crippen LogP contribution >= 0.6 is 11.6 Å². The molecule has 0 radical (unpaired) electrons. The summed E-state index contributed by atoms with van der Waals surface area (Å²) < 4.78 is 13.3. The minimum atomic E-state index is -0.379. The summed E-state index contributed by atoms with van der Waals surface area (Å²) in [5, 5.41) is 11.6. The molecule has 1 N–H and O–H groups in total. The van der Waals surface area contributed by atoms with Crippen LogP contribution in [0.5, 0.6) is 5.75 Å². The number of rotatable bonds is 11. The number of aromatic nitrogens is 1. The number of nitrogens with zero attached hydrogens (tertiary/aromatic N) is 1. The van der Waals surface area contributed by atoms with E-state index in [2.05, 4.69) is 59.2 Å². The maximum atomic E-state index is 11.8. The molecule has 0 unspecified atom stereocenters. The zero-order valence-corrected chi connectivity index (χ0v) is 23.2. The fourth-order valence-electron chi connectivity index (χ4n) is 5.34. The molecule has 0 spiro atoms. The molecule has 0 aliphatic carbocycles.